The zero-order valence-corrected chi connectivity index (χ0v) is 15.5. The number of hydrogen-bond donors (Lipinski definition) is 1. The van der Waals surface area contributed by atoms with E-state index in [2.05, 4.69) is 54.7 Å². The van der Waals surface area contributed by atoms with Gasteiger partial charge in [0, 0.05) is 5.69 Å². The van der Waals surface area contributed by atoms with E-state index in [1.165, 1.54) is 30.4 Å². The molecule has 4 aliphatic carbocycles. The largest absolute Gasteiger partial charge is 0.326 e. The quantitative estimate of drug-likeness (QED) is 0.785. The topological polar surface area (TPSA) is 29.1 Å². The summed E-state index contributed by atoms with van der Waals surface area (Å²) < 4.78 is 0. The molecule has 0 radical (unpaired) electrons. The number of nitrogens with one attached hydrogen (secondary N) is 1. The van der Waals surface area contributed by atoms with Gasteiger partial charge in [0.2, 0.25) is 5.91 Å². The van der Waals surface area contributed by atoms with Crippen LogP contribution in [0.4, 0.5) is 5.69 Å². The number of hydrogen-bond acceptors (Lipinski definition) is 1. The molecule has 0 aliphatic heterocycles. The zero-order chi connectivity index (χ0) is 17.8. The van der Waals surface area contributed by atoms with E-state index in [4.69, 9.17) is 0 Å². The molecule has 0 saturated heterocycles. The lowest BCUT2D eigenvalue weighted by Gasteiger charge is -2.61. The van der Waals surface area contributed by atoms with Crippen LogP contribution in [0.1, 0.15) is 49.7 Å². The summed E-state index contributed by atoms with van der Waals surface area (Å²) in [4.78, 5) is 13.4. The zero-order valence-electron chi connectivity index (χ0n) is 15.5. The van der Waals surface area contributed by atoms with Crippen molar-refractivity contribution in [3.8, 4) is 0 Å². The maximum atomic E-state index is 13.4. The van der Waals surface area contributed by atoms with E-state index in [-0.39, 0.29) is 16.7 Å². The molecule has 2 aromatic rings. The highest BCUT2D eigenvalue weighted by Crippen LogP contribution is 2.65. The predicted octanol–water partition coefficient (Wildman–Crippen LogP) is 5.47. The van der Waals surface area contributed by atoms with Gasteiger partial charge in [-0.25, -0.2) is 0 Å². The SMILES string of the molecule is Cc1ccc(NC(=O)C23C[C@H]4C[C@H](C2)CC(c2ccccc2)(C4)C3)cc1. The number of benzene rings is 2. The molecule has 0 heterocycles. The molecule has 2 aromatic carbocycles. The minimum Gasteiger partial charge on any atom is -0.326 e. The summed E-state index contributed by atoms with van der Waals surface area (Å²) in [6.07, 6.45) is 7.05. The highest BCUT2D eigenvalue weighted by atomic mass is 16.2. The van der Waals surface area contributed by atoms with E-state index in [0.717, 1.165) is 24.9 Å². The molecule has 1 amide bonds. The Kier molecular flexibility index (Phi) is 3.53. The van der Waals surface area contributed by atoms with Crippen molar-refractivity contribution >= 4 is 11.6 Å². The summed E-state index contributed by atoms with van der Waals surface area (Å²) in [5.74, 6) is 1.68. The van der Waals surface area contributed by atoms with Crippen molar-refractivity contribution in [2.75, 3.05) is 5.32 Å². The lowest BCUT2D eigenvalue weighted by molar-refractivity contribution is -0.143. The minimum atomic E-state index is -0.176. The van der Waals surface area contributed by atoms with Crippen LogP contribution in [-0.2, 0) is 10.2 Å². The fraction of sp³-hybridized carbons (Fsp3) is 0.458. The van der Waals surface area contributed by atoms with Gasteiger partial charge in [-0.2, -0.15) is 0 Å². The molecular formula is C24H27NO. The van der Waals surface area contributed by atoms with Gasteiger partial charge in [0.05, 0.1) is 5.41 Å². The van der Waals surface area contributed by atoms with Crippen molar-refractivity contribution in [3.05, 3.63) is 65.7 Å². The lowest BCUT2D eigenvalue weighted by Crippen LogP contribution is -2.57. The smallest absolute Gasteiger partial charge is 0.230 e. The maximum Gasteiger partial charge on any atom is 0.230 e. The molecule has 4 aliphatic rings. The molecule has 26 heavy (non-hydrogen) atoms. The molecular weight excluding hydrogens is 318 g/mol. The van der Waals surface area contributed by atoms with E-state index in [9.17, 15) is 4.79 Å². The molecule has 1 N–H and O–H groups in total. The lowest BCUT2D eigenvalue weighted by atomic mass is 9.42. The Balaban J connectivity index is 1.47. The molecule has 4 fully saturated rings. The summed E-state index contributed by atoms with van der Waals surface area (Å²) in [5.41, 5.74) is 3.66. The van der Waals surface area contributed by atoms with Crippen molar-refractivity contribution in [1.82, 2.24) is 0 Å². The van der Waals surface area contributed by atoms with Gasteiger partial charge in [0.15, 0.2) is 0 Å². The van der Waals surface area contributed by atoms with Gasteiger partial charge in [-0.1, -0.05) is 48.0 Å². The van der Waals surface area contributed by atoms with Crippen LogP contribution in [-0.4, -0.2) is 5.91 Å². The molecule has 4 bridgehead atoms. The van der Waals surface area contributed by atoms with Crippen LogP contribution >= 0.6 is 0 Å². The second-order valence-corrected chi connectivity index (χ2v) is 9.21. The number of carbonyl (C=O) groups excluding carboxylic acids is 1. The summed E-state index contributed by atoms with van der Waals surface area (Å²) in [6.45, 7) is 2.08. The third-order valence-electron chi connectivity index (χ3n) is 7.24. The summed E-state index contributed by atoms with van der Waals surface area (Å²) in [6, 6.07) is 19.2. The van der Waals surface area contributed by atoms with Crippen molar-refractivity contribution in [2.45, 2.75) is 50.9 Å². The number of rotatable bonds is 3. The number of anilines is 1. The fourth-order valence-corrected chi connectivity index (χ4v) is 6.56. The van der Waals surface area contributed by atoms with Crippen molar-refractivity contribution in [1.29, 1.82) is 0 Å². The predicted molar refractivity (Wildman–Crippen MR) is 105 cm³/mol. The van der Waals surface area contributed by atoms with Gasteiger partial charge in [-0.3, -0.25) is 4.79 Å². The Labute approximate surface area is 156 Å². The van der Waals surface area contributed by atoms with E-state index >= 15 is 0 Å². The maximum absolute atomic E-state index is 13.4. The van der Waals surface area contributed by atoms with Gasteiger partial charge >= 0.3 is 0 Å². The van der Waals surface area contributed by atoms with Gasteiger partial charge in [-0.15, -0.1) is 0 Å². The molecule has 0 aromatic heterocycles. The van der Waals surface area contributed by atoms with Gasteiger partial charge in [0.25, 0.3) is 0 Å². The Morgan fingerprint density at radius 3 is 2.23 bits per heavy atom. The number of carbonyl (C=O) groups is 1. The number of aryl methyl sites for hydroxylation is 1. The highest BCUT2D eigenvalue weighted by Gasteiger charge is 2.60. The minimum absolute atomic E-state index is 0.176. The van der Waals surface area contributed by atoms with Crippen LogP contribution in [0, 0.1) is 24.2 Å². The summed E-state index contributed by atoms with van der Waals surface area (Å²) in [5, 5.41) is 3.26. The monoisotopic (exact) mass is 345 g/mol. The van der Waals surface area contributed by atoms with Crippen LogP contribution in [0.15, 0.2) is 54.6 Å². The normalized spacial score (nSPS) is 34.7. The third kappa shape index (κ3) is 2.50. The Morgan fingerprint density at radius 1 is 0.923 bits per heavy atom. The van der Waals surface area contributed by atoms with Crippen molar-refractivity contribution < 1.29 is 4.79 Å². The molecule has 2 atom stereocenters. The second-order valence-electron chi connectivity index (χ2n) is 9.21. The van der Waals surface area contributed by atoms with E-state index < -0.39 is 0 Å². The first kappa shape index (κ1) is 16.1. The van der Waals surface area contributed by atoms with Crippen LogP contribution < -0.4 is 5.32 Å². The Morgan fingerprint density at radius 2 is 1.58 bits per heavy atom. The first-order chi connectivity index (χ1) is 12.6. The first-order valence-electron chi connectivity index (χ1n) is 10.0. The van der Waals surface area contributed by atoms with Crippen LogP contribution in [0.5, 0.6) is 0 Å². The first-order valence-corrected chi connectivity index (χ1v) is 10.0. The van der Waals surface area contributed by atoms with Crippen LogP contribution in [0.25, 0.3) is 0 Å². The molecule has 134 valence electrons. The fourth-order valence-electron chi connectivity index (χ4n) is 6.56. The third-order valence-corrected chi connectivity index (χ3v) is 7.24. The average molecular weight is 345 g/mol. The summed E-state index contributed by atoms with van der Waals surface area (Å²) in [7, 11) is 0. The molecule has 0 spiro atoms. The Bertz CT molecular complexity index is 809. The van der Waals surface area contributed by atoms with E-state index in [1.54, 1.807) is 0 Å². The number of amides is 1. The van der Waals surface area contributed by atoms with Crippen molar-refractivity contribution in [3.63, 3.8) is 0 Å². The van der Waals surface area contributed by atoms with Crippen molar-refractivity contribution in [2.24, 2.45) is 17.3 Å². The molecule has 2 nitrogen and oxygen atoms in total. The highest BCUT2D eigenvalue weighted by molar-refractivity contribution is 5.95. The van der Waals surface area contributed by atoms with Crippen LogP contribution in [0.3, 0.4) is 0 Å². The van der Waals surface area contributed by atoms with Crippen LogP contribution in [0.2, 0.25) is 0 Å². The molecule has 2 heteroatoms. The second kappa shape index (κ2) is 5.70. The van der Waals surface area contributed by atoms with Gasteiger partial charge in [-0.05, 0) is 80.4 Å². The molecule has 4 saturated carbocycles. The average Bonchev–Trinajstić information content (AvgIpc) is 2.63. The van der Waals surface area contributed by atoms with E-state index in [1.807, 2.05) is 12.1 Å². The Hall–Kier alpha value is -2.09. The standard InChI is InChI=1S/C24H27NO/c1-17-7-9-21(10-8-17)25-22(26)24-14-18-11-19(15-24)13-23(12-18,16-24)20-5-3-2-4-6-20/h2-10,18-19H,11-16H2,1H3,(H,25,26)/t18-,19-,23?,24?/m0/s1. The molecule has 6 rings (SSSR count). The molecule has 0 unspecified atom stereocenters. The summed E-state index contributed by atoms with van der Waals surface area (Å²) >= 11 is 0. The van der Waals surface area contributed by atoms with E-state index in [0.29, 0.717) is 11.8 Å². The van der Waals surface area contributed by atoms with Gasteiger partial charge < -0.3 is 5.32 Å². The van der Waals surface area contributed by atoms with Gasteiger partial charge in [0.1, 0.15) is 0 Å².